The second kappa shape index (κ2) is 11.6. The van der Waals surface area contributed by atoms with E-state index in [1.54, 1.807) is 6.07 Å². The summed E-state index contributed by atoms with van der Waals surface area (Å²) >= 11 is 6.41. The Morgan fingerprint density at radius 1 is 0.842 bits per heavy atom. The van der Waals surface area contributed by atoms with Gasteiger partial charge >= 0.3 is 0 Å². The number of ether oxygens (including phenoxy) is 3. The van der Waals surface area contributed by atoms with Gasteiger partial charge in [-0.3, -0.25) is 0 Å². The van der Waals surface area contributed by atoms with E-state index in [0.29, 0.717) is 24.8 Å². The van der Waals surface area contributed by atoms with Crippen molar-refractivity contribution in [2.45, 2.75) is 51.4 Å². The summed E-state index contributed by atoms with van der Waals surface area (Å²) < 4.78 is 33.2. The molecule has 0 radical (unpaired) electrons. The second-order valence-corrected chi connectivity index (χ2v) is 10.4. The van der Waals surface area contributed by atoms with Crippen molar-refractivity contribution in [1.29, 1.82) is 0 Å². The fourth-order valence-electron chi connectivity index (χ4n) is 4.71. The molecule has 0 aromatic heterocycles. The molecule has 5 rings (SSSR count). The van der Waals surface area contributed by atoms with Crippen molar-refractivity contribution in [3.63, 3.8) is 0 Å². The van der Waals surface area contributed by atoms with Crippen LogP contribution in [0.5, 0.6) is 5.75 Å². The molecule has 38 heavy (non-hydrogen) atoms. The van der Waals surface area contributed by atoms with Gasteiger partial charge in [0.05, 0.1) is 13.2 Å². The highest BCUT2D eigenvalue weighted by Crippen LogP contribution is 2.45. The van der Waals surface area contributed by atoms with E-state index in [4.69, 9.17) is 25.8 Å². The van der Waals surface area contributed by atoms with Crippen molar-refractivity contribution < 1.29 is 18.6 Å². The van der Waals surface area contributed by atoms with Crippen LogP contribution in [0, 0.1) is 5.82 Å². The molecule has 0 amide bonds. The van der Waals surface area contributed by atoms with Gasteiger partial charge in [0, 0.05) is 22.8 Å². The highest BCUT2D eigenvalue weighted by molar-refractivity contribution is 6.31. The third-order valence-electron chi connectivity index (χ3n) is 6.68. The van der Waals surface area contributed by atoms with Crippen molar-refractivity contribution in [1.82, 2.24) is 0 Å². The maximum absolute atomic E-state index is 13.6. The predicted molar refractivity (Wildman–Crippen MR) is 149 cm³/mol. The van der Waals surface area contributed by atoms with Crippen LogP contribution in [0.4, 0.5) is 10.1 Å². The van der Waals surface area contributed by atoms with Gasteiger partial charge in [0.25, 0.3) is 0 Å². The molecule has 0 saturated carbocycles. The van der Waals surface area contributed by atoms with Crippen LogP contribution in [0.25, 0.3) is 0 Å². The first-order valence-electron chi connectivity index (χ1n) is 12.7. The summed E-state index contributed by atoms with van der Waals surface area (Å²) in [5.41, 5.74) is 3.96. The molecular formula is C32H31ClFNO3. The van der Waals surface area contributed by atoms with Gasteiger partial charge in [-0.15, -0.1) is 0 Å². The topological polar surface area (TPSA) is 39.7 Å². The summed E-state index contributed by atoms with van der Waals surface area (Å²) in [4.78, 5) is 0. The van der Waals surface area contributed by atoms with E-state index in [0.717, 1.165) is 33.7 Å². The molecule has 0 fully saturated rings. The van der Waals surface area contributed by atoms with Gasteiger partial charge in [0.1, 0.15) is 29.4 Å². The molecule has 6 heteroatoms. The summed E-state index contributed by atoms with van der Waals surface area (Å²) in [6, 6.07) is 30.3. The molecule has 1 aliphatic rings. The highest BCUT2D eigenvalue weighted by atomic mass is 35.5. The molecule has 1 aliphatic heterocycles. The Labute approximate surface area is 228 Å². The Kier molecular flexibility index (Phi) is 7.98. The highest BCUT2D eigenvalue weighted by Gasteiger charge is 2.45. The lowest BCUT2D eigenvalue weighted by molar-refractivity contribution is -0.170. The van der Waals surface area contributed by atoms with E-state index < -0.39 is 17.8 Å². The number of nitrogens with one attached hydrogen (secondary N) is 1. The molecule has 196 valence electrons. The maximum atomic E-state index is 13.6. The van der Waals surface area contributed by atoms with Crippen LogP contribution in [0.2, 0.25) is 5.02 Å². The van der Waals surface area contributed by atoms with E-state index >= 15 is 0 Å². The molecule has 1 heterocycles. The van der Waals surface area contributed by atoms with Crippen LogP contribution in [-0.4, -0.2) is 11.7 Å². The van der Waals surface area contributed by atoms with Gasteiger partial charge in [0.2, 0.25) is 0 Å². The molecule has 0 aliphatic carbocycles. The smallest absolute Gasteiger partial charge is 0.132 e. The van der Waals surface area contributed by atoms with Gasteiger partial charge in [-0.1, -0.05) is 72.3 Å². The van der Waals surface area contributed by atoms with Crippen LogP contribution in [0.3, 0.4) is 0 Å². The lowest BCUT2D eigenvalue weighted by Crippen LogP contribution is -2.50. The molecule has 4 nitrogen and oxygen atoms in total. The molecular weight excluding hydrogens is 501 g/mol. The number of hydrogen-bond acceptors (Lipinski definition) is 4. The standard InChI is InChI=1S/C32H31ClFNO3/c1-32(2)31(37-21-24-12-6-7-14-28(24)33)30(36-20-22-9-4-3-5-10-22)27-18-26(15-16-29(27)38-32)35-19-23-11-8-13-25(34)17-23/h3-18,30-31,35H,19-21H2,1-2H3. The summed E-state index contributed by atoms with van der Waals surface area (Å²) in [5, 5.41) is 4.06. The van der Waals surface area contributed by atoms with Crippen molar-refractivity contribution in [3.05, 3.63) is 130 Å². The zero-order chi connectivity index (χ0) is 26.5. The number of anilines is 1. The molecule has 1 N–H and O–H groups in total. The second-order valence-electron chi connectivity index (χ2n) is 9.98. The van der Waals surface area contributed by atoms with Crippen LogP contribution < -0.4 is 10.1 Å². The van der Waals surface area contributed by atoms with Crippen LogP contribution in [-0.2, 0) is 29.2 Å². The van der Waals surface area contributed by atoms with E-state index in [9.17, 15) is 4.39 Å². The summed E-state index contributed by atoms with van der Waals surface area (Å²) in [7, 11) is 0. The first-order valence-corrected chi connectivity index (χ1v) is 13.1. The van der Waals surface area contributed by atoms with Gasteiger partial charge in [0.15, 0.2) is 0 Å². The summed E-state index contributed by atoms with van der Waals surface area (Å²) in [6.45, 7) is 5.28. The largest absolute Gasteiger partial charge is 0.485 e. The molecule has 2 atom stereocenters. The molecule has 2 unspecified atom stereocenters. The lowest BCUT2D eigenvalue weighted by Gasteiger charge is -2.44. The van der Waals surface area contributed by atoms with E-state index in [2.05, 4.69) is 5.32 Å². The maximum Gasteiger partial charge on any atom is 0.132 e. The first-order chi connectivity index (χ1) is 18.4. The van der Waals surface area contributed by atoms with Gasteiger partial charge < -0.3 is 19.5 Å². The zero-order valence-electron chi connectivity index (χ0n) is 21.5. The quantitative estimate of drug-likeness (QED) is 0.237. The van der Waals surface area contributed by atoms with Crippen molar-refractivity contribution in [2.75, 3.05) is 5.32 Å². The number of fused-ring (bicyclic) bond motifs is 1. The average molecular weight is 532 g/mol. The number of halogens is 2. The third-order valence-corrected chi connectivity index (χ3v) is 7.05. The van der Waals surface area contributed by atoms with Crippen LogP contribution in [0.1, 0.15) is 42.2 Å². The summed E-state index contributed by atoms with van der Waals surface area (Å²) in [5.74, 6) is 0.500. The molecule has 4 aromatic rings. The third kappa shape index (κ3) is 6.18. The normalized spacial score (nSPS) is 17.9. The summed E-state index contributed by atoms with van der Waals surface area (Å²) in [6.07, 6.45) is -0.805. The Hall–Kier alpha value is -3.38. The van der Waals surface area contributed by atoms with Crippen molar-refractivity contribution >= 4 is 17.3 Å². The van der Waals surface area contributed by atoms with Crippen molar-refractivity contribution in [2.24, 2.45) is 0 Å². The Bertz CT molecular complexity index is 1380. The van der Waals surface area contributed by atoms with Gasteiger partial charge in [-0.25, -0.2) is 4.39 Å². The Morgan fingerprint density at radius 2 is 1.61 bits per heavy atom. The van der Waals surface area contributed by atoms with E-state index in [1.165, 1.54) is 12.1 Å². The number of benzene rings is 4. The molecule has 0 bridgehead atoms. The van der Waals surface area contributed by atoms with E-state index in [1.807, 2.05) is 92.7 Å². The van der Waals surface area contributed by atoms with Crippen LogP contribution >= 0.6 is 11.6 Å². The molecule has 0 spiro atoms. The SMILES string of the molecule is CC1(C)Oc2ccc(NCc3cccc(F)c3)cc2C(OCc2ccccc2)C1OCc1ccccc1Cl. The van der Waals surface area contributed by atoms with Crippen molar-refractivity contribution in [3.8, 4) is 5.75 Å². The lowest BCUT2D eigenvalue weighted by atomic mass is 9.87. The minimum Gasteiger partial charge on any atom is -0.485 e. The minimum atomic E-state index is -0.661. The minimum absolute atomic E-state index is 0.252. The fraction of sp³-hybridized carbons (Fsp3) is 0.250. The van der Waals surface area contributed by atoms with Gasteiger partial charge in [-0.05, 0) is 66.9 Å². The predicted octanol–water partition coefficient (Wildman–Crippen LogP) is 8.11. The number of rotatable bonds is 9. The molecule has 4 aromatic carbocycles. The average Bonchev–Trinajstić information content (AvgIpc) is 2.91. The monoisotopic (exact) mass is 531 g/mol. The molecule has 0 saturated heterocycles. The fourth-order valence-corrected chi connectivity index (χ4v) is 4.90. The zero-order valence-corrected chi connectivity index (χ0v) is 22.3. The first kappa shape index (κ1) is 26.2. The number of hydrogen-bond donors (Lipinski definition) is 1. The Balaban J connectivity index is 1.43. The van der Waals surface area contributed by atoms with Crippen LogP contribution in [0.15, 0.2) is 97.1 Å². The van der Waals surface area contributed by atoms with Gasteiger partial charge in [-0.2, -0.15) is 0 Å². The Morgan fingerprint density at radius 3 is 2.39 bits per heavy atom. The van der Waals surface area contributed by atoms with E-state index in [-0.39, 0.29) is 5.82 Å².